The lowest BCUT2D eigenvalue weighted by molar-refractivity contribution is -0.140. The van der Waals surface area contributed by atoms with Gasteiger partial charge in [0.05, 0.1) is 26.1 Å². The Morgan fingerprint density at radius 3 is 2.14 bits per heavy atom. The smallest absolute Gasteiger partial charge is 0.307 e. The number of aryl methyl sites for hydroxylation is 1. The summed E-state index contributed by atoms with van der Waals surface area (Å²) in [6, 6.07) is 3.44. The number of anilines is 1. The van der Waals surface area contributed by atoms with Crippen molar-refractivity contribution in [1.29, 1.82) is 0 Å². The quantitative estimate of drug-likeness (QED) is 0.872. The zero-order valence-electron chi connectivity index (χ0n) is 13.4. The van der Waals surface area contributed by atoms with E-state index in [4.69, 9.17) is 14.6 Å². The van der Waals surface area contributed by atoms with Crippen molar-refractivity contribution in [3.05, 3.63) is 17.7 Å². The highest BCUT2D eigenvalue weighted by Gasteiger charge is 2.65. The second kappa shape index (κ2) is 5.51. The second-order valence-corrected chi connectivity index (χ2v) is 6.13. The number of hydrogen-bond acceptors (Lipinski definition) is 4. The van der Waals surface area contributed by atoms with Gasteiger partial charge in [-0.15, -0.1) is 0 Å². The van der Waals surface area contributed by atoms with Crippen LogP contribution in [0.3, 0.4) is 0 Å². The highest BCUT2D eigenvalue weighted by molar-refractivity contribution is 6.00. The van der Waals surface area contributed by atoms with Crippen LogP contribution in [0.2, 0.25) is 0 Å². The van der Waals surface area contributed by atoms with Crippen molar-refractivity contribution in [1.82, 2.24) is 0 Å². The van der Waals surface area contributed by atoms with E-state index in [9.17, 15) is 9.59 Å². The van der Waals surface area contributed by atoms with Crippen molar-refractivity contribution in [2.45, 2.75) is 20.8 Å². The van der Waals surface area contributed by atoms with Crippen LogP contribution < -0.4 is 14.8 Å². The predicted molar refractivity (Wildman–Crippen MR) is 81.3 cm³/mol. The lowest BCUT2D eigenvalue weighted by atomic mass is 10.1. The standard InChI is InChI=1S/C16H21NO5/c1-8-6-10(21-4)11(22-5)7-9(8)17-14(18)12-13(15(19)20)16(12,2)3/h6-7,12-13H,1-5H3,(H,17,18)(H,19,20)/t12-,13+/m0/s1. The molecule has 1 aromatic rings. The maximum atomic E-state index is 12.4. The van der Waals surface area contributed by atoms with E-state index in [2.05, 4.69) is 5.32 Å². The number of methoxy groups -OCH3 is 2. The van der Waals surface area contributed by atoms with Crippen molar-refractivity contribution in [2.75, 3.05) is 19.5 Å². The summed E-state index contributed by atoms with van der Waals surface area (Å²) < 4.78 is 10.4. The summed E-state index contributed by atoms with van der Waals surface area (Å²) in [4.78, 5) is 23.5. The summed E-state index contributed by atoms with van der Waals surface area (Å²) in [5, 5.41) is 12.0. The Balaban J connectivity index is 2.21. The molecule has 0 unspecified atom stereocenters. The molecule has 0 aromatic heterocycles. The third kappa shape index (κ3) is 2.61. The van der Waals surface area contributed by atoms with E-state index in [0.717, 1.165) is 5.56 Å². The number of amides is 1. The van der Waals surface area contributed by atoms with Gasteiger partial charge in [0, 0.05) is 11.8 Å². The lowest BCUT2D eigenvalue weighted by Gasteiger charge is -2.14. The summed E-state index contributed by atoms with van der Waals surface area (Å²) >= 11 is 0. The van der Waals surface area contributed by atoms with Gasteiger partial charge in [0.1, 0.15) is 0 Å². The molecule has 1 aromatic carbocycles. The Labute approximate surface area is 129 Å². The van der Waals surface area contributed by atoms with Crippen LogP contribution in [0.5, 0.6) is 11.5 Å². The summed E-state index contributed by atoms with van der Waals surface area (Å²) in [5.41, 5.74) is 0.881. The number of rotatable bonds is 5. The average molecular weight is 307 g/mol. The number of benzene rings is 1. The molecule has 6 heteroatoms. The molecular weight excluding hydrogens is 286 g/mol. The Morgan fingerprint density at radius 1 is 1.14 bits per heavy atom. The Bertz CT molecular complexity index is 623. The minimum absolute atomic E-state index is 0.285. The molecule has 6 nitrogen and oxygen atoms in total. The molecule has 1 aliphatic rings. The monoisotopic (exact) mass is 307 g/mol. The number of carbonyl (C=O) groups excluding carboxylic acids is 1. The average Bonchev–Trinajstić information content (AvgIpc) is 3.03. The first-order valence-electron chi connectivity index (χ1n) is 7.00. The van der Waals surface area contributed by atoms with E-state index < -0.39 is 23.2 Å². The molecule has 1 aliphatic carbocycles. The molecular formula is C16H21NO5. The largest absolute Gasteiger partial charge is 0.493 e. The van der Waals surface area contributed by atoms with Crippen LogP contribution in [-0.2, 0) is 9.59 Å². The van der Waals surface area contributed by atoms with Gasteiger partial charge in [-0.05, 0) is 24.0 Å². The van der Waals surface area contributed by atoms with E-state index in [-0.39, 0.29) is 5.91 Å². The lowest BCUT2D eigenvalue weighted by Crippen LogP contribution is -2.18. The minimum Gasteiger partial charge on any atom is -0.493 e. The predicted octanol–water partition coefficient (Wildman–Crippen LogP) is 2.31. The zero-order chi connectivity index (χ0) is 16.7. The first-order valence-corrected chi connectivity index (χ1v) is 7.00. The highest BCUT2D eigenvalue weighted by Crippen LogP contribution is 2.58. The van der Waals surface area contributed by atoms with Crippen LogP contribution in [0, 0.1) is 24.2 Å². The van der Waals surface area contributed by atoms with Crippen molar-refractivity contribution < 1.29 is 24.2 Å². The van der Waals surface area contributed by atoms with E-state index >= 15 is 0 Å². The molecule has 2 atom stereocenters. The Morgan fingerprint density at radius 2 is 1.68 bits per heavy atom. The minimum atomic E-state index is -0.936. The highest BCUT2D eigenvalue weighted by atomic mass is 16.5. The third-order valence-corrected chi connectivity index (χ3v) is 4.36. The molecule has 1 fully saturated rings. The molecule has 0 spiro atoms. The number of hydrogen-bond donors (Lipinski definition) is 2. The molecule has 0 saturated heterocycles. The van der Waals surface area contributed by atoms with Crippen LogP contribution >= 0.6 is 0 Å². The fourth-order valence-corrected chi connectivity index (χ4v) is 2.91. The molecule has 0 heterocycles. The number of carboxylic acid groups (broad SMARTS) is 1. The summed E-state index contributed by atoms with van der Waals surface area (Å²) in [7, 11) is 3.06. The number of nitrogens with one attached hydrogen (secondary N) is 1. The van der Waals surface area contributed by atoms with Crippen LogP contribution in [0.25, 0.3) is 0 Å². The number of carbonyl (C=O) groups is 2. The fourth-order valence-electron chi connectivity index (χ4n) is 2.91. The normalized spacial score (nSPS) is 21.9. The molecule has 2 N–H and O–H groups in total. The van der Waals surface area contributed by atoms with Crippen molar-refractivity contribution in [2.24, 2.45) is 17.3 Å². The summed E-state index contributed by atoms with van der Waals surface area (Å²) in [5.74, 6) is -1.31. The molecule has 0 bridgehead atoms. The Kier molecular flexibility index (Phi) is 4.04. The van der Waals surface area contributed by atoms with Gasteiger partial charge < -0.3 is 19.9 Å². The third-order valence-electron chi connectivity index (χ3n) is 4.36. The maximum absolute atomic E-state index is 12.4. The second-order valence-electron chi connectivity index (χ2n) is 6.13. The Hall–Kier alpha value is -2.24. The van der Waals surface area contributed by atoms with Gasteiger partial charge in [-0.25, -0.2) is 0 Å². The molecule has 0 aliphatic heterocycles. The van der Waals surface area contributed by atoms with Crippen molar-refractivity contribution in [3.8, 4) is 11.5 Å². The van der Waals surface area contributed by atoms with Crippen LogP contribution in [0.4, 0.5) is 5.69 Å². The van der Waals surface area contributed by atoms with Crippen LogP contribution in [-0.4, -0.2) is 31.2 Å². The van der Waals surface area contributed by atoms with Gasteiger partial charge in [0.25, 0.3) is 0 Å². The van der Waals surface area contributed by atoms with Crippen molar-refractivity contribution >= 4 is 17.6 Å². The number of ether oxygens (including phenoxy) is 2. The summed E-state index contributed by atoms with van der Waals surface area (Å²) in [6.45, 7) is 5.42. The zero-order valence-corrected chi connectivity index (χ0v) is 13.4. The van der Waals surface area contributed by atoms with Crippen LogP contribution in [0.15, 0.2) is 12.1 Å². The van der Waals surface area contributed by atoms with Gasteiger partial charge in [-0.3, -0.25) is 9.59 Å². The molecule has 0 radical (unpaired) electrons. The first kappa shape index (κ1) is 16.1. The topological polar surface area (TPSA) is 84.9 Å². The van der Waals surface area contributed by atoms with Crippen molar-refractivity contribution in [3.63, 3.8) is 0 Å². The van der Waals surface area contributed by atoms with E-state index in [1.165, 1.54) is 7.11 Å². The summed E-state index contributed by atoms with van der Waals surface area (Å²) in [6.07, 6.45) is 0. The van der Waals surface area contributed by atoms with Gasteiger partial charge >= 0.3 is 5.97 Å². The molecule has 1 amide bonds. The molecule has 1 saturated carbocycles. The van der Waals surface area contributed by atoms with E-state index in [0.29, 0.717) is 17.2 Å². The SMILES string of the molecule is COc1cc(C)c(NC(=O)[C@@H]2[C@H](C(=O)O)C2(C)C)cc1OC. The van der Waals surface area contributed by atoms with Crippen LogP contribution in [0.1, 0.15) is 19.4 Å². The van der Waals surface area contributed by atoms with Gasteiger partial charge in [-0.2, -0.15) is 0 Å². The molecule has 22 heavy (non-hydrogen) atoms. The van der Waals surface area contributed by atoms with E-state index in [1.807, 2.05) is 6.92 Å². The first-order chi connectivity index (χ1) is 10.2. The van der Waals surface area contributed by atoms with Gasteiger partial charge in [0.2, 0.25) is 5.91 Å². The van der Waals surface area contributed by atoms with Gasteiger partial charge in [-0.1, -0.05) is 13.8 Å². The molecule has 2 rings (SSSR count). The molecule has 120 valence electrons. The van der Waals surface area contributed by atoms with E-state index in [1.54, 1.807) is 33.1 Å². The fraction of sp³-hybridized carbons (Fsp3) is 0.500. The maximum Gasteiger partial charge on any atom is 0.307 e. The van der Waals surface area contributed by atoms with Gasteiger partial charge in [0.15, 0.2) is 11.5 Å². The number of carboxylic acids is 1. The number of aliphatic carboxylic acids is 1.